The van der Waals surface area contributed by atoms with Crippen molar-refractivity contribution in [2.24, 2.45) is 0 Å². The van der Waals surface area contributed by atoms with E-state index >= 15 is 0 Å². The molecule has 22 heavy (non-hydrogen) atoms. The molecule has 0 bridgehead atoms. The van der Waals surface area contributed by atoms with Gasteiger partial charge in [-0.1, -0.05) is 6.07 Å². The number of carbonyl (C=O) groups is 1. The first-order valence-corrected chi connectivity index (χ1v) is 7.33. The van der Waals surface area contributed by atoms with E-state index in [4.69, 9.17) is 0 Å². The third-order valence-electron chi connectivity index (χ3n) is 3.94. The maximum atomic E-state index is 13.8. The van der Waals surface area contributed by atoms with Gasteiger partial charge in [-0.2, -0.15) is 0 Å². The van der Waals surface area contributed by atoms with Gasteiger partial charge in [-0.25, -0.2) is 4.39 Å². The van der Waals surface area contributed by atoms with Gasteiger partial charge < -0.3 is 10.3 Å². The normalized spacial score (nSPS) is 18.7. The largest absolute Gasteiger partial charge is 0.355 e. The summed E-state index contributed by atoms with van der Waals surface area (Å²) in [6.07, 6.45) is 0.881. The van der Waals surface area contributed by atoms with Crippen molar-refractivity contribution in [3.63, 3.8) is 0 Å². The van der Waals surface area contributed by atoms with E-state index in [-0.39, 0.29) is 22.9 Å². The third kappa shape index (κ3) is 3.01. The minimum Gasteiger partial charge on any atom is -0.355 e. The maximum Gasteiger partial charge on any atom is 0.217 e. The number of hydrogen-bond donors (Lipinski definition) is 2. The van der Waals surface area contributed by atoms with E-state index in [1.54, 1.807) is 6.07 Å². The third-order valence-corrected chi connectivity index (χ3v) is 3.94. The Balaban J connectivity index is 1.79. The van der Waals surface area contributed by atoms with Crippen molar-refractivity contribution < 1.29 is 9.18 Å². The SMILES string of the molecule is CC(=O)NC1CCN(Cc2cc(=O)c3cccc(F)c3[nH]2)C1. The Morgan fingerprint density at radius 2 is 2.32 bits per heavy atom. The number of benzene rings is 1. The van der Waals surface area contributed by atoms with Crippen LogP contribution < -0.4 is 10.7 Å². The van der Waals surface area contributed by atoms with Gasteiger partial charge in [-0.05, 0) is 18.6 Å². The van der Waals surface area contributed by atoms with Gasteiger partial charge in [0.05, 0.1) is 5.52 Å². The molecule has 1 amide bonds. The van der Waals surface area contributed by atoms with E-state index < -0.39 is 5.82 Å². The Labute approximate surface area is 127 Å². The molecule has 0 spiro atoms. The number of H-pyrrole nitrogens is 1. The van der Waals surface area contributed by atoms with Crippen LogP contribution in [0.15, 0.2) is 29.1 Å². The Morgan fingerprint density at radius 3 is 3.09 bits per heavy atom. The zero-order valence-corrected chi connectivity index (χ0v) is 12.4. The average Bonchev–Trinajstić information content (AvgIpc) is 2.86. The van der Waals surface area contributed by atoms with Gasteiger partial charge in [-0.15, -0.1) is 0 Å². The fraction of sp³-hybridized carbons (Fsp3) is 0.375. The molecule has 3 rings (SSSR count). The standard InChI is InChI=1S/C16H18FN3O2/c1-10(21)18-11-5-6-20(8-11)9-12-7-15(22)13-3-2-4-14(17)16(13)19-12/h2-4,7,11H,5-6,8-9H2,1H3,(H,18,21)(H,19,22). The fourth-order valence-electron chi connectivity index (χ4n) is 3.00. The molecule has 0 radical (unpaired) electrons. The first kappa shape index (κ1) is 14.7. The minimum absolute atomic E-state index is 0.0342. The molecular formula is C16H18FN3O2. The van der Waals surface area contributed by atoms with Crippen LogP contribution in [0.1, 0.15) is 19.0 Å². The van der Waals surface area contributed by atoms with Crippen molar-refractivity contribution in [2.45, 2.75) is 25.9 Å². The number of nitrogens with zero attached hydrogens (tertiary/aromatic N) is 1. The smallest absolute Gasteiger partial charge is 0.217 e. The first-order chi connectivity index (χ1) is 10.5. The first-order valence-electron chi connectivity index (χ1n) is 7.33. The monoisotopic (exact) mass is 303 g/mol. The van der Waals surface area contributed by atoms with Crippen molar-refractivity contribution in [3.8, 4) is 0 Å². The van der Waals surface area contributed by atoms with Crippen molar-refractivity contribution in [2.75, 3.05) is 13.1 Å². The van der Waals surface area contributed by atoms with Crippen molar-refractivity contribution in [1.29, 1.82) is 0 Å². The molecule has 6 heteroatoms. The lowest BCUT2D eigenvalue weighted by atomic mass is 10.2. The number of aromatic nitrogens is 1. The van der Waals surface area contributed by atoms with E-state index in [1.807, 2.05) is 0 Å². The molecule has 1 unspecified atom stereocenters. The molecule has 2 heterocycles. The van der Waals surface area contributed by atoms with E-state index in [0.29, 0.717) is 17.6 Å². The maximum absolute atomic E-state index is 13.8. The van der Waals surface area contributed by atoms with Crippen LogP contribution in [0.25, 0.3) is 10.9 Å². The predicted molar refractivity (Wildman–Crippen MR) is 82.0 cm³/mol. The molecule has 2 aromatic rings. The molecule has 116 valence electrons. The molecule has 1 aliphatic rings. The van der Waals surface area contributed by atoms with Crippen LogP contribution in [0.4, 0.5) is 4.39 Å². The van der Waals surface area contributed by atoms with Gasteiger partial charge in [0.15, 0.2) is 5.43 Å². The van der Waals surface area contributed by atoms with Gasteiger partial charge in [0, 0.05) is 49.7 Å². The van der Waals surface area contributed by atoms with Gasteiger partial charge in [0.25, 0.3) is 0 Å². The average molecular weight is 303 g/mol. The Bertz CT molecular complexity index is 772. The molecule has 1 saturated heterocycles. The van der Waals surface area contributed by atoms with E-state index in [9.17, 15) is 14.0 Å². The van der Waals surface area contributed by atoms with E-state index in [2.05, 4.69) is 15.2 Å². The molecule has 1 atom stereocenters. The number of fused-ring (bicyclic) bond motifs is 1. The van der Waals surface area contributed by atoms with Crippen molar-refractivity contribution in [3.05, 3.63) is 46.0 Å². The highest BCUT2D eigenvalue weighted by Crippen LogP contribution is 2.16. The summed E-state index contributed by atoms with van der Waals surface area (Å²) in [5.41, 5.74) is 0.759. The molecule has 1 aromatic heterocycles. The zero-order chi connectivity index (χ0) is 15.7. The molecule has 1 fully saturated rings. The number of aromatic amines is 1. The molecule has 5 nitrogen and oxygen atoms in total. The van der Waals surface area contributed by atoms with Crippen molar-refractivity contribution >= 4 is 16.8 Å². The van der Waals surface area contributed by atoms with Crippen LogP contribution in [0.5, 0.6) is 0 Å². The van der Waals surface area contributed by atoms with Crippen LogP contribution in [-0.4, -0.2) is 34.9 Å². The van der Waals surface area contributed by atoms with Crippen LogP contribution >= 0.6 is 0 Å². The molecule has 0 aliphatic carbocycles. The topological polar surface area (TPSA) is 65.2 Å². The molecule has 2 N–H and O–H groups in total. The lowest BCUT2D eigenvalue weighted by molar-refractivity contribution is -0.119. The lowest BCUT2D eigenvalue weighted by Crippen LogP contribution is -2.35. The number of amides is 1. The van der Waals surface area contributed by atoms with Crippen molar-refractivity contribution in [1.82, 2.24) is 15.2 Å². The summed E-state index contributed by atoms with van der Waals surface area (Å²) < 4.78 is 13.8. The second-order valence-corrected chi connectivity index (χ2v) is 5.74. The summed E-state index contributed by atoms with van der Waals surface area (Å²) >= 11 is 0. The van der Waals surface area contributed by atoms with Crippen LogP contribution in [0, 0.1) is 5.82 Å². The number of halogens is 1. The van der Waals surface area contributed by atoms with Gasteiger partial charge in [0.2, 0.25) is 5.91 Å². The summed E-state index contributed by atoms with van der Waals surface area (Å²) in [6, 6.07) is 6.15. The van der Waals surface area contributed by atoms with Crippen LogP contribution in [-0.2, 0) is 11.3 Å². The molecule has 1 aliphatic heterocycles. The van der Waals surface area contributed by atoms with Gasteiger partial charge >= 0.3 is 0 Å². The van der Waals surface area contributed by atoms with E-state index in [1.165, 1.54) is 25.1 Å². The number of carbonyl (C=O) groups excluding carboxylic acids is 1. The minimum atomic E-state index is -0.422. The van der Waals surface area contributed by atoms with E-state index in [0.717, 1.165) is 19.5 Å². The van der Waals surface area contributed by atoms with Crippen LogP contribution in [0.2, 0.25) is 0 Å². The Morgan fingerprint density at radius 1 is 1.50 bits per heavy atom. The number of nitrogens with one attached hydrogen (secondary N) is 2. The van der Waals surface area contributed by atoms with Gasteiger partial charge in [0.1, 0.15) is 5.82 Å². The second-order valence-electron chi connectivity index (χ2n) is 5.74. The highest BCUT2D eigenvalue weighted by molar-refractivity contribution is 5.78. The summed E-state index contributed by atoms with van der Waals surface area (Å²) in [6.45, 7) is 3.61. The number of pyridine rings is 1. The fourth-order valence-corrected chi connectivity index (χ4v) is 3.00. The Kier molecular flexibility index (Phi) is 3.94. The quantitative estimate of drug-likeness (QED) is 0.900. The number of hydrogen-bond acceptors (Lipinski definition) is 3. The second kappa shape index (κ2) is 5.88. The Hall–Kier alpha value is -2.21. The summed E-state index contributed by atoms with van der Waals surface area (Å²) in [7, 11) is 0. The summed E-state index contributed by atoms with van der Waals surface area (Å²) in [4.78, 5) is 28.3. The number of rotatable bonds is 3. The summed E-state index contributed by atoms with van der Waals surface area (Å²) in [5.74, 6) is -0.456. The van der Waals surface area contributed by atoms with Gasteiger partial charge in [-0.3, -0.25) is 14.5 Å². The number of likely N-dealkylation sites (tertiary alicyclic amines) is 1. The molecule has 0 saturated carbocycles. The highest BCUT2D eigenvalue weighted by atomic mass is 19.1. The highest BCUT2D eigenvalue weighted by Gasteiger charge is 2.23. The number of para-hydroxylation sites is 1. The molecular weight excluding hydrogens is 285 g/mol. The summed E-state index contributed by atoms with van der Waals surface area (Å²) in [5, 5.41) is 3.26. The molecule has 1 aromatic carbocycles. The lowest BCUT2D eigenvalue weighted by Gasteiger charge is -2.16. The zero-order valence-electron chi connectivity index (χ0n) is 12.4. The van der Waals surface area contributed by atoms with Crippen LogP contribution in [0.3, 0.4) is 0 Å². The predicted octanol–water partition coefficient (Wildman–Crippen LogP) is 1.38.